The molecule has 0 spiro atoms. The van der Waals surface area contributed by atoms with E-state index in [2.05, 4.69) is 5.32 Å². The smallest absolute Gasteiger partial charge is 0.311 e. The van der Waals surface area contributed by atoms with Crippen LogP contribution in [0.4, 0.5) is 5.69 Å². The molecule has 24 heavy (non-hydrogen) atoms. The monoisotopic (exact) mass is 325 g/mol. The van der Waals surface area contributed by atoms with Crippen LogP contribution in [0.3, 0.4) is 0 Å². The van der Waals surface area contributed by atoms with Crippen LogP contribution in [0.25, 0.3) is 0 Å². The number of aliphatic carboxylic acids is 1. The van der Waals surface area contributed by atoms with Gasteiger partial charge in [0.25, 0.3) is 0 Å². The number of carbonyl (C=O) groups excluding carboxylic acids is 2. The van der Waals surface area contributed by atoms with Crippen LogP contribution in [0, 0.1) is 0 Å². The van der Waals surface area contributed by atoms with Gasteiger partial charge in [-0.3, -0.25) is 14.4 Å². The average Bonchev–Trinajstić information content (AvgIpc) is 2.56. The van der Waals surface area contributed by atoms with Gasteiger partial charge in [0, 0.05) is 18.1 Å². The predicted octanol–water partition coefficient (Wildman–Crippen LogP) is 3.45. The summed E-state index contributed by atoms with van der Waals surface area (Å²) in [4.78, 5) is 35.9. The van der Waals surface area contributed by atoms with Crippen molar-refractivity contribution in [1.29, 1.82) is 0 Å². The zero-order valence-corrected chi connectivity index (χ0v) is 13.6. The number of carboxylic acids is 1. The average molecular weight is 325 g/mol. The molecule has 1 amide bonds. The van der Waals surface area contributed by atoms with E-state index in [0.29, 0.717) is 17.5 Å². The Kier molecular flexibility index (Phi) is 5.47. The Morgan fingerprint density at radius 3 is 2.25 bits per heavy atom. The highest BCUT2D eigenvalue weighted by Crippen LogP contribution is 2.32. The Bertz CT molecular complexity index is 768. The molecule has 124 valence electrons. The van der Waals surface area contributed by atoms with Gasteiger partial charge in [-0.2, -0.15) is 0 Å². The highest BCUT2D eigenvalue weighted by Gasteiger charge is 2.25. The molecule has 5 heteroatoms. The molecule has 0 heterocycles. The Hall–Kier alpha value is -2.95. The Morgan fingerprint density at radius 1 is 1.04 bits per heavy atom. The number of nitrogens with one attached hydrogen (secondary N) is 1. The molecule has 0 bridgehead atoms. The second-order valence-electron chi connectivity index (χ2n) is 5.45. The molecular weight excluding hydrogens is 306 g/mol. The number of hydrogen-bond acceptors (Lipinski definition) is 3. The normalized spacial score (nSPS) is 11.6. The third kappa shape index (κ3) is 3.68. The summed E-state index contributed by atoms with van der Waals surface area (Å²) in [5, 5.41) is 12.1. The predicted molar refractivity (Wildman–Crippen MR) is 91.3 cm³/mol. The number of amides is 1. The largest absolute Gasteiger partial charge is 0.481 e. The molecule has 0 aliphatic heterocycles. The molecule has 2 aromatic rings. The third-order valence-electron chi connectivity index (χ3n) is 3.76. The molecule has 1 atom stereocenters. The second-order valence-corrected chi connectivity index (χ2v) is 5.45. The van der Waals surface area contributed by atoms with Gasteiger partial charge in [0.15, 0.2) is 5.78 Å². The number of carboxylic acid groups (broad SMARTS) is 1. The first-order chi connectivity index (χ1) is 11.5. The Morgan fingerprint density at radius 2 is 1.71 bits per heavy atom. The highest BCUT2D eigenvalue weighted by molar-refractivity contribution is 6.14. The molecule has 0 aliphatic carbocycles. The van der Waals surface area contributed by atoms with Crippen molar-refractivity contribution < 1.29 is 19.5 Å². The summed E-state index contributed by atoms with van der Waals surface area (Å²) in [6.45, 7) is 3.08. The van der Waals surface area contributed by atoms with E-state index in [0.717, 1.165) is 0 Å². The first kappa shape index (κ1) is 17.4. The SMILES string of the molecule is CCC(C(=O)O)c1cccc(C(=O)c2ccccc2)c1NC(C)=O. The lowest BCUT2D eigenvalue weighted by Gasteiger charge is -2.18. The molecule has 2 rings (SSSR count). The summed E-state index contributed by atoms with van der Waals surface area (Å²) in [7, 11) is 0. The summed E-state index contributed by atoms with van der Waals surface area (Å²) in [6.07, 6.45) is 0.352. The minimum absolute atomic E-state index is 0.263. The standard InChI is InChI=1S/C19H19NO4/c1-3-14(19(23)24)15-10-7-11-16(17(15)20-12(2)21)18(22)13-8-5-4-6-9-13/h4-11,14H,3H2,1-2H3,(H,20,21)(H,23,24). The molecule has 0 aromatic heterocycles. The fourth-order valence-corrected chi connectivity index (χ4v) is 2.64. The Balaban J connectivity index is 2.61. The topological polar surface area (TPSA) is 83.5 Å². The number of ketones is 1. The maximum atomic E-state index is 12.8. The van der Waals surface area contributed by atoms with Crippen molar-refractivity contribution in [2.24, 2.45) is 0 Å². The summed E-state index contributed by atoms with van der Waals surface area (Å²) >= 11 is 0. The molecule has 2 aromatic carbocycles. The van der Waals surface area contributed by atoms with Crippen molar-refractivity contribution in [3.8, 4) is 0 Å². The van der Waals surface area contributed by atoms with Gasteiger partial charge >= 0.3 is 5.97 Å². The number of anilines is 1. The van der Waals surface area contributed by atoms with Crippen molar-refractivity contribution in [2.75, 3.05) is 5.32 Å². The van der Waals surface area contributed by atoms with E-state index in [1.807, 2.05) is 0 Å². The van der Waals surface area contributed by atoms with E-state index in [1.54, 1.807) is 55.5 Å². The van der Waals surface area contributed by atoms with Crippen LogP contribution in [-0.2, 0) is 9.59 Å². The second kappa shape index (κ2) is 7.55. The van der Waals surface area contributed by atoms with Gasteiger partial charge in [-0.05, 0) is 18.1 Å². The molecule has 0 radical (unpaired) electrons. The third-order valence-corrected chi connectivity index (χ3v) is 3.76. The number of para-hydroxylation sites is 1. The van der Waals surface area contributed by atoms with Crippen molar-refractivity contribution in [3.05, 3.63) is 65.2 Å². The molecule has 0 aliphatic rings. The summed E-state index contributed by atoms with van der Waals surface area (Å²) in [5.74, 6) is -2.41. The van der Waals surface area contributed by atoms with Gasteiger partial charge in [0.1, 0.15) is 0 Å². The van der Waals surface area contributed by atoms with E-state index in [1.165, 1.54) is 6.92 Å². The van der Waals surface area contributed by atoms with Crippen LogP contribution in [0.1, 0.15) is 47.7 Å². The zero-order chi connectivity index (χ0) is 17.7. The lowest BCUT2D eigenvalue weighted by molar-refractivity contribution is -0.138. The molecule has 1 unspecified atom stereocenters. The van der Waals surface area contributed by atoms with Crippen molar-refractivity contribution in [1.82, 2.24) is 0 Å². The molecule has 0 saturated carbocycles. The van der Waals surface area contributed by atoms with E-state index in [9.17, 15) is 19.5 Å². The lowest BCUT2D eigenvalue weighted by Crippen LogP contribution is -2.18. The maximum Gasteiger partial charge on any atom is 0.311 e. The van der Waals surface area contributed by atoms with Crippen molar-refractivity contribution in [3.63, 3.8) is 0 Å². The lowest BCUT2D eigenvalue weighted by atomic mass is 9.90. The first-order valence-electron chi connectivity index (χ1n) is 7.68. The number of benzene rings is 2. The van der Waals surface area contributed by atoms with Gasteiger partial charge in [0.2, 0.25) is 5.91 Å². The minimum atomic E-state index is -0.992. The number of rotatable bonds is 6. The van der Waals surface area contributed by atoms with Gasteiger partial charge in [0.05, 0.1) is 11.6 Å². The van der Waals surface area contributed by atoms with Crippen molar-refractivity contribution >= 4 is 23.3 Å². The fourth-order valence-electron chi connectivity index (χ4n) is 2.64. The first-order valence-corrected chi connectivity index (χ1v) is 7.68. The minimum Gasteiger partial charge on any atom is -0.481 e. The van der Waals surface area contributed by atoms with E-state index in [4.69, 9.17) is 0 Å². The molecular formula is C19H19NO4. The molecule has 0 fully saturated rings. The van der Waals surface area contributed by atoms with Gasteiger partial charge in [-0.1, -0.05) is 49.4 Å². The Labute approximate surface area is 140 Å². The van der Waals surface area contributed by atoms with Crippen LogP contribution in [0.5, 0.6) is 0 Å². The van der Waals surface area contributed by atoms with Gasteiger partial charge in [-0.25, -0.2) is 0 Å². The highest BCUT2D eigenvalue weighted by atomic mass is 16.4. The molecule has 2 N–H and O–H groups in total. The van der Waals surface area contributed by atoms with E-state index < -0.39 is 11.9 Å². The van der Waals surface area contributed by atoms with Crippen LogP contribution < -0.4 is 5.32 Å². The molecule has 5 nitrogen and oxygen atoms in total. The maximum absolute atomic E-state index is 12.8. The fraction of sp³-hybridized carbons (Fsp3) is 0.211. The van der Waals surface area contributed by atoms with Crippen LogP contribution in [-0.4, -0.2) is 22.8 Å². The summed E-state index contributed by atoms with van der Waals surface area (Å²) in [6, 6.07) is 13.5. The molecule has 0 saturated heterocycles. The summed E-state index contributed by atoms with van der Waals surface area (Å²) in [5.41, 5.74) is 1.47. The van der Waals surface area contributed by atoms with Crippen LogP contribution >= 0.6 is 0 Å². The van der Waals surface area contributed by atoms with E-state index >= 15 is 0 Å². The van der Waals surface area contributed by atoms with Gasteiger partial charge in [-0.15, -0.1) is 0 Å². The van der Waals surface area contributed by atoms with Crippen LogP contribution in [0.2, 0.25) is 0 Å². The number of hydrogen-bond donors (Lipinski definition) is 2. The van der Waals surface area contributed by atoms with Crippen molar-refractivity contribution in [2.45, 2.75) is 26.2 Å². The summed E-state index contributed by atoms with van der Waals surface area (Å²) < 4.78 is 0. The van der Waals surface area contributed by atoms with Crippen LogP contribution in [0.15, 0.2) is 48.5 Å². The van der Waals surface area contributed by atoms with E-state index in [-0.39, 0.29) is 22.9 Å². The quantitative estimate of drug-likeness (QED) is 0.797. The van der Waals surface area contributed by atoms with Gasteiger partial charge < -0.3 is 10.4 Å². The number of carbonyl (C=O) groups is 3. The zero-order valence-electron chi connectivity index (χ0n) is 13.6.